The summed E-state index contributed by atoms with van der Waals surface area (Å²) in [6, 6.07) is 15.7. The first-order valence-electron chi connectivity index (χ1n) is 8.69. The van der Waals surface area contributed by atoms with Gasteiger partial charge in [0.1, 0.15) is 10.1 Å². The van der Waals surface area contributed by atoms with E-state index < -0.39 is 0 Å². The summed E-state index contributed by atoms with van der Waals surface area (Å²) >= 11 is 3.39. The van der Waals surface area contributed by atoms with Gasteiger partial charge in [0.2, 0.25) is 0 Å². The Morgan fingerprint density at radius 2 is 1.81 bits per heavy atom. The molecule has 3 rings (SSSR count). The maximum absolute atomic E-state index is 12.3. The predicted octanol–water partition coefficient (Wildman–Crippen LogP) is 4.72. The van der Waals surface area contributed by atoms with Crippen LogP contribution in [0.5, 0.6) is 5.75 Å². The van der Waals surface area contributed by atoms with E-state index in [9.17, 15) is 4.79 Å². The lowest BCUT2D eigenvalue weighted by atomic mass is 10.1. The molecule has 1 aromatic heterocycles. The number of nitrogens with zero attached hydrogens (tertiary/aromatic N) is 1. The summed E-state index contributed by atoms with van der Waals surface area (Å²) in [6.45, 7) is 2.61. The van der Waals surface area contributed by atoms with Crippen LogP contribution in [0.3, 0.4) is 0 Å². The number of hydrogen-bond acceptors (Lipinski definition) is 5. The molecule has 0 atom stereocenters. The number of nitrogens with one attached hydrogen (secondary N) is 1. The highest BCUT2D eigenvalue weighted by Gasteiger charge is 2.06. The Bertz CT molecular complexity index is 874. The van der Waals surface area contributed by atoms with Gasteiger partial charge >= 0.3 is 0 Å². The third-order valence-electron chi connectivity index (χ3n) is 4.03. The van der Waals surface area contributed by atoms with Crippen LogP contribution in [0.1, 0.15) is 27.2 Å². The van der Waals surface area contributed by atoms with Crippen LogP contribution in [-0.4, -0.2) is 24.5 Å². The van der Waals surface area contributed by atoms with Crippen molar-refractivity contribution >= 4 is 29.0 Å². The quantitative estimate of drug-likeness (QED) is 0.558. The van der Waals surface area contributed by atoms with Crippen molar-refractivity contribution < 1.29 is 9.53 Å². The van der Waals surface area contributed by atoms with E-state index in [1.54, 1.807) is 30.2 Å². The zero-order valence-corrected chi connectivity index (χ0v) is 17.0. The molecule has 0 radical (unpaired) electrons. The SMILES string of the molecule is COc1ccc(CCNC(=O)c2ccc(CSc3nc(C)cs3)cc2)cc1. The zero-order valence-electron chi connectivity index (χ0n) is 15.4. The van der Waals surface area contributed by atoms with Crippen LogP contribution in [0.25, 0.3) is 0 Å². The lowest BCUT2D eigenvalue weighted by molar-refractivity contribution is 0.0954. The molecule has 0 aliphatic rings. The number of ether oxygens (including phenoxy) is 1. The molecule has 4 nitrogen and oxygen atoms in total. The van der Waals surface area contributed by atoms with Gasteiger partial charge in [-0.25, -0.2) is 4.98 Å². The van der Waals surface area contributed by atoms with E-state index in [0.29, 0.717) is 12.1 Å². The fraction of sp³-hybridized carbons (Fsp3) is 0.238. The topological polar surface area (TPSA) is 51.2 Å². The number of amides is 1. The highest BCUT2D eigenvalue weighted by atomic mass is 32.2. The molecule has 1 N–H and O–H groups in total. The fourth-order valence-corrected chi connectivity index (χ4v) is 4.32. The van der Waals surface area contributed by atoms with Crippen molar-refractivity contribution in [3.63, 3.8) is 0 Å². The predicted molar refractivity (Wildman–Crippen MR) is 112 cm³/mol. The lowest BCUT2D eigenvalue weighted by Gasteiger charge is -2.07. The number of carbonyl (C=O) groups is 1. The number of aromatic nitrogens is 1. The zero-order chi connectivity index (χ0) is 19.1. The highest BCUT2D eigenvalue weighted by Crippen LogP contribution is 2.26. The number of rotatable bonds is 8. The number of thioether (sulfide) groups is 1. The number of thiazole rings is 1. The lowest BCUT2D eigenvalue weighted by Crippen LogP contribution is -2.25. The van der Waals surface area contributed by atoms with E-state index in [4.69, 9.17) is 4.74 Å². The molecule has 0 saturated carbocycles. The second-order valence-corrected chi connectivity index (χ2v) is 8.17. The summed E-state index contributed by atoms with van der Waals surface area (Å²) in [4.78, 5) is 16.7. The van der Waals surface area contributed by atoms with Crippen LogP contribution >= 0.6 is 23.1 Å². The maximum Gasteiger partial charge on any atom is 0.251 e. The van der Waals surface area contributed by atoms with Gasteiger partial charge in [-0.1, -0.05) is 36.0 Å². The number of benzene rings is 2. The molecule has 1 amide bonds. The molecule has 2 aromatic carbocycles. The fourth-order valence-electron chi connectivity index (χ4n) is 2.51. The first-order chi connectivity index (χ1) is 13.1. The molecular formula is C21H22N2O2S2. The molecule has 0 spiro atoms. The second kappa shape index (κ2) is 9.58. The molecule has 1 heterocycles. The Kier molecular flexibility index (Phi) is 6.90. The van der Waals surface area contributed by atoms with Crippen molar-refractivity contribution in [3.05, 3.63) is 76.3 Å². The van der Waals surface area contributed by atoms with Gasteiger partial charge in [0.15, 0.2) is 0 Å². The van der Waals surface area contributed by atoms with Crippen molar-refractivity contribution in [1.82, 2.24) is 10.3 Å². The minimum atomic E-state index is -0.0433. The maximum atomic E-state index is 12.3. The molecule has 0 aliphatic carbocycles. The first-order valence-corrected chi connectivity index (χ1v) is 10.6. The van der Waals surface area contributed by atoms with Crippen molar-refractivity contribution in [3.8, 4) is 5.75 Å². The Morgan fingerprint density at radius 3 is 2.44 bits per heavy atom. The third kappa shape index (κ3) is 5.84. The van der Waals surface area contributed by atoms with E-state index >= 15 is 0 Å². The van der Waals surface area contributed by atoms with Crippen LogP contribution in [0.2, 0.25) is 0 Å². The smallest absolute Gasteiger partial charge is 0.251 e. The molecule has 0 aliphatic heterocycles. The van der Waals surface area contributed by atoms with Crippen molar-refractivity contribution in [2.24, 2.45) is 0 Å². The standard InChI is InChI=1S/C21H22N2O2S2/c1-15-13-26-21(23-15)27-14-17-3-7-18(8-4-17)20(24)22-12-11-16-5-9-19(25-2)10-6-16/h3-10,13H,11-12,14H2,1-2H3,(H,22,24). The van der Waals surface area contributed by atoms with Gasteiger partial charge in [0.05, 0.1) is 7.11 Å². The average Bonchev–Trinajstić information content (AvgIpc) is 3.12. The highest BCUT2D eigenvalue weighted by molar-refractivity contribution is 8.00. The van der Waals surface area contributed by atoms with Gasteiger partial charge < -0.3 is 10.1 Å². The Morgan fingerprint density at radius 1 is 1.11 bits per heavy atom. The molecule has 27 heavy (non-hydrogen) atoms. The molecule has 140 valence electrons. The summed E-state index contributed by atoms with van der Waals surface area (Å²) < 4.78 is 6.23. The van der Waals surface area contributed by atoms with Gasteiger partial charge in [-0.2, -0.15) is 0 Å². The first kappa shape index (κ1) is 19.5. The number of hydrogen-bond donors (Lipinski definition) is 1. The molecule has 0 unspecified atom stereocenters. The number of aryl methyl sites for hydroxylation is 1. The molecule has 0 fully saturated rings. The molecule has 0 saturated heterocycles. The van der Waals surface area contributed by atoms with E-state index in [0.717, 1.165) is 28.0 Å². The van der Waals surface area contributed by atoms with Crippen LogP contribution in [0.4, 0.5) is 0 Å². The largest absolute Gasteiger partial charge is 0.497 e. The molecule has 6 heteroatoms. The van der Waals surface area contributed by atoms with E-state index in [1.165, 1.54) is 11.1 Å². The van der Waals surface area contributed by atoms with E-state index in [-0.39, 0.29) is 5.91 Å². The number of methoxy groups -OCH3 is 1. The summed E-state index contributed by atoms with van der Waals surface area (Å²) in [5.74, 6) is 1.65. The number of carbonyl (C=O) groups excluding carboxylic acids is 1. The van der Waals surface area contributed by atoms with E-state index in [2.05, 4.69) is 15.7 Å². The van der Waals surface area contributed by atoms with Crippen LogP contribution < -0.4 is 10.1 Å². The van der Waals surface area contributed by atoms with Crippen LogP contribution in [-0.2, 0) is 12.2 Å². The second-order valence-electron chi connectivity index (χ2n) is 6.09. The third-order valence-corrected chi connectivity index (χ3v) is 6.24. The normalized spacial score (nSPS) is 10.6. The van der Waals surface area contributed by atoms with Gasteiger partial charge in [0, 0.05) is 28.9 Å². The molecular weight excluding hydrogens is 376 g/mol. The average molecular weight is 399 g/mol. The Hall–Kier alpha value is -2.31. The molecule has 3 aromatic rings. The van der Waals surface area contributed by atoms with Gasteiger partial charge in [-0.3, -0.25) is 4.79 Å². The summed E-state index contributed by atoms with van der Waals surface area (Å²) in [6.07, 6.45) is 0.789. The summed E-state index contributed by atoms with van der Waals surface area (Å²) in [5.41, 5.74) is 4.09. The summed E-state index contributed by atoms with van der Waals surface area (Å²) in [7, 11) is 1.65. The minimum absolute atomic E-state index is 0.0433. The Balaban J connectivity index is 1.45. The minimum Gasteiger partial charge on any atom is -0.497 e. The van der Waals surface area contributed by atoms with Gasteiger partial charge in [-0.05, 0) is 48.7 Å². The van der Waals surface area contributed by atoms with Crippen molar-refractivity contribution in [2.45, 2.75) is 23.4 Å². The van der Waals surface area contributed by atoms with Crippen LogP contribution in [0, 0.1) is 6.92 Å². The molecule has 0 bridgehead atoms. The van der Waals surface area contributed by atoms with Crippen LogP contribution in [0.15, 0.2) is 58.3 Å². The monoisotopic (exact) mass is 398 g/mol. The van der Waals surface area contributed by atoms with Gasteiger partial charge in [-0.15, -0.1) is 11.3 Å². The summed E-state index contributed by atoms with van der Waals surface area (Å²) in [5, 5.41) is 5.03. The van der Waals surface area contributed by atoms with Crippen molar-refractivity contribution in [2.75, 3.05) is 13.7 Å². The van der Waals surface area contributed by atoms with Gasteiger partial charge in [0.25, 0.3) is 5.91 Å². The van der Waals surface area contributed by atoms with E-state index in [1.807, 2.05) is 55.5 Å². The Labute approximate surface area is 168 Å². The van der Waals surface area contributed by atoms with Crippen molar-refractivity contribution in [1.29, 1.82) is 0 Å².